The van der Waals surface area contributed by atoms with Gasteiger partial charge in [-0.2, -0.15) is 18.3 Å². The van der Waals surface area contributed by atoms with E-state index in [9.17, 15) is 18.4 Å². The number of ether oxygens (including phenoxy) is 1. The largest absolute Gasteiger partial charge is 0.432 e. The molecule has 0 unspecified atom stereocenters. The van der Waals surface area contributed by atoms with Crippen LogP contribution < -0.4 is 10.7 Å². The van der Waals surface area contributed by atoms with E-state index in [1.165, 1.54) is 0 Å². The number of hydroxylamine groups is 1. The molecule has 0 saturated carbocycles. The third-order valence-electron chi connectivity index (χ3n) is 5.71. The molecule has 3 N–H and O–H groups in total. The van der Waals surface area contributed by atoms with E-state index < -0.39 is 11.9 Å². The number of hydrogen-bond donors (Lipinski definition) is 3. The first-order valence-corrected chi connectivity index (χ1v) is 10.2. The minimum atomic E-state index is -4.57. The van der Waals surface area contributed by atoms with Crippen molar-refractivity contribution < 1.29 is 23.1 Å². The molecule has 164 valence electrons. The summed E-state index contributed by atoms with van der Waals surface area (Å²) in [4.78, 5) is 2.29. The van der Waals surface area contributed by atoms with Crippen molar-refractivity contribution in [3.63, 3.8) is 0 Å². The molecule has 3 aliphatic heterocycles. The normalized spacial score (nSPS) is 23.4. The number of rotatable bonds is 2. The van der Waals surface area contributed by atoms with Gasteiger partial charge in [0.1, 0.15) is 5.70 Å². The minimum Gasteiger partial charge on any atom is -0.381 e. The van der Waals surface area contributed by atoms with Crippen molar-refractivity contribution in [1.29, 1.82) is 0 Å². The molecule has 6 nitrogen and oxygen atoms in total. The van der Waals surface area contributed by atoms with Crippen molar-refractivity contribution in [2.75, 3.05) is 32.1 Å². The Kier molecular flexibility index (Phi) is 5.95. The molecule has 1 fully saturated rings. The van der Waals surface area contributed by atoms with Crippen LogP contribution in [0.4, 0.5) is 18.9 Å². The van der Waals surface area contributed by atoms with Gasteiger partial charge >= 0.3 is 6.18 Å². The number of benzene rings is 1. The first-order chi connectivity index (χ1) is 14.3. The lowest BCUT2D eigenvalue weighted by Gasteiger charge is -2.32. The Hall–Kier alpha value is -2.23. The molecule has 1 aromatic rings. The number of likely N-dealkylation sites (tertiary alicyclic amines) is 1. The van der Waals surface area contributed by atoms with Crippen LogP contribution >= 0.6 is 0 Å². The number of alkyl halides is 3. The Morgan fingerprint density at radius 1 is 1.27 bits per heavy atom. The van der Waals surface area contributed by atoms with Gasteiger partial charge in [-0.25, -0.2) is 0 Å². The molecular formula is C21H27F3N4O2. The number of nitrogens with zero attached hydrogens (tertiary/aromatic N) is 2. The highest BCUT2D eigenvalue weighted by molar-refractivity contribution is 5.74. The summed E-state index contributed by atoms with van der Waals surface area (Å²) in [5.74, 6) is 0. The number of hydrogen-bond acceptors (Lipinski definition) is 6. The first kappa shape index (κ1) is 21.0. The molecule has 0 spiro atoms. The van der Waals surface area contributed by atoms with Crippen molar-refractivity contribution in [3.8, 4) is 0 Å². The summed E-state index contributed by atoms with van der Waals surface area (Å²) in [6.07, 6.45) is -0.313. The number of fused-ring (bicyclic) bond motifs is 2. The second-order valence-electron chi connectivity index (χ2n) is 8.13. The van der Waals surface area contributed by atoms with E-state index in [-0.39, 0.29) is 0 Å². The predicted molar refractivity (Wildman–Crippen MR) is 107 cm³/mol. The van der Waals surface area contributed by atoms with Crippen LogP contribution in [0, 0.1) is 0 Å². The van der Waals surface area contributed by atoms with Gasteiger partial charge in [0, 0.05) is 30.4 Å². The van der Waals surface area contributed by atoms with Crippen molar-refractivity contribution in [2.24, 2.45) is 0 Å². The summed E-state index contributed by atoms with van der Waals surface area (Å²) < 4.78 is 45.4. The van der Waals surface area contributed by atoms with E-state index in [1.807, 2.05) is 18.2 Å². The Bertz CT molecular complexity index is 853. The molecule has 9 heteroatoms. The lowest BCUT2D eigenvalue weighted by Crippen LogP contribution is -2.41. The van der Waals surface area contributed by atoms with Crippen LogP contribution in [0.15, 0.2) is 35.5 Å². The average molecular weight is 424 g/mol. The fourth-order valence-electron chi connectivity index (χ4n) is 4.30. The fraction of sp³-hybridized carbons (Fsp3) is 0.524. The Labute approximate surface area is 173 Å². The molecule has 3 aliphatic rings. The van der Waals surface area contributed by atoms with Crippen molar-refractivity contribution in [2.45, 2.75) is 44.5 Å². The highest BCUT2D eigenvalue weighted by Gasteiger charge is 2.38. The van der Waals surface area contributed by atoms with Gasteiger partial charge in [-0.15, -0.1) is 0 Å². The zero-order valence-corrected chi connectivity index (χ0v) is 16.9. The number of anilines is 1. The summed E-state index contributed by atoms with van der Waals surface area (Å²) in [6, 6.07) is 6.06. The second-order valence-corrected chi connectivity index (χ2v) is 8.13. The van der Waals surface area contributed by atoms with Crippen LogP contribution in [-0.2, 0) is 11.3 Å². The minimum absolute atomic E-state index is 0.329. The van der Waals surface area contributed by atoms with Crippen LogP contribution in [-0.4, -0.2) is 54.2 Å². The molecule has 1 atom stereocenters. The molecule has 1 saturated heterocycles. The lowest BCUT2D eigenvalue weighted by atomic mass is 9.96. The van der Waals surface area contributed by atoms with Gasteiger partial charge in [0.2, 0.25) is 0 Å². The molecule has 1 aromatic carbocycles. The SMILES string of the molecule is CN1CCC[C@@H](Nc2ccc3c(c2)COCCCC2=C3N(O)NC(C(F)(F)F)=C2)C1. The van der Waals surface area contributed by atoms with E-state index in [2.05, 4.69) is 22.7 Å². The molecular weight excluding hydrogens is 397 g/mol. The topological polar surface area (TPSA) is 60.0 Å². The van der Waals surface area contributed by atoms with Crippen LogP contribution in [0.5, 0.6) is 0 Å². The van der Waals surface area contributed by atoms with Crippen LogP contribution in [0.2, 0.25) is 0 Å². The summed E-state index contributed by atoms with van der Waals surface area (Å²) in [5, 5.41) is 14.5. The standard InChI is InChI=1S/C21H27F3N4O2/c1-27-8-2-5-17(12-27)25-16-6-7-18-15(10-16)13-30-9-3-4-14-11-19(21(22,23)24)26-28(29)20(14)18/h6-7,10-11,17,25-26,29H,2-5,8-9,12-13H2,1H3/t17-/m1/s1. The maximum absolute atomic E-state index is 13.2. The Balaban J connectivity index is 1.68. The Morgan fingerprint density at radius 3 is 2.87 bits per heavy atom. The highest BCUT2D eigenvalue weighted by Crippen LogP contribution is 2.37. The number of likely N-dealkylation sites (N-methyl/N-ethyl adjacent to an activating group) is 1. The van der Waals surface area contributed by atoms with E-state index in [0.717, 1.165) is 43.3 Å². The number of hydrazine groups is 1. The molecule has 30 heavy (non-hydrogen) atoms. The van der Waals surface area contributed by atoms with Gasteiger partial charge in [-0.3, -0.25) is 10.6 Å². The maximum atomic E-state index is 13.2. The third kappa shape index (κ3) is 4.58. The van der Waals surface area contributed by atoms with E-state index >= 15 is 0 Å². The number of allylic oxidation sites excluding steroid dienone is 3. The zero-order chi connectivity index (χ0) is 21.3. The summed E-state index contributed by atoms with van der Waals surface area (Å²) in [5.41, 5.74) is 4.27. The van der Waals surface area contributed by atoms with Gasteiger partial charge in [0.25, 0.3) is 0 Å². The van der Waals surface area contributed by atoms with Gasteiger partial charge in [-0.1, -0.05) is 6.07 Å². The molecule has 0 radical (unpaired) electrons. The van der Waals surface area contributed by atoms with Gasteiger partial charge in [0.05, 0.1) is 12.3 Å². The van der Waals surface area contributed by atoms with Crippen LogP contribution in [0.1, 0.15) is 36.8 Å². The van der Waals surface area contributed by atoms with E-state index in [1.54, 1.807) is 0 Å². The summed E-state index contributed by atoms with van der Waals surface area (Å²) in [6.45, 7) is 2.83. The van der Waals surface area contributed by atoms with Crippen molar-refractivity contribution in [1.82, 2.24) is 15.5 Å². The quantitative estimate of drug-likeness (QED) is 0.670. The molecule has 0 amide bonds. The monoisotopic (exact) mass is 424 g/mol. The van der Waals surface area contributed by atoms with Gasteiger partial charge in [-0.05, 0) is 68.6 Å². The molecule has 0 aliphatic carbocycles. The van der Waals surface area contributed by atoms with E-state index in [0.29, 0.717) is 54.1 Å². The second kappa shape index (κ2) is 8.49. The number of halogens is 3. The summed E-state index contributed by atoms with van der Waals surface area (Å²) >= 11 is 0. The molecule has 3 heterocycles. The Morgan fingerprint density at radius 2 is 2.10 bits per heavy atom. The summed E-state index contributed by atoms with van der Waals surface area (Å²) in [7, 11) is 2.11. The highest BCUT2D eigenvalue weighted by atomic mass is 19.4. The molecule has 4 rings (SSSR count). The smallest absolute Gasteiger partial charge is 0.381 e. The van der Waals surface area contributed by atoms with Gasteiger partial charge < -0.3 is 15.0 Å². The number of piperidine rings is 1. The van der Waals surface area contributed by atoms with E-state index in [4.69, 9.17) is 4.74 Å². The fourth-order valence-corrected chi connectivity index (χ4v) is 4.30. The van der Waals surface area contributed by atoms with Crippen LogP contribution in [0.25, 0.3) is 5.70 Å². The average Bonchev–Trinajstić information content (AvgIpc) is 2.76. The third-order valence-corrected chi connectivity index (χ3v) is 5.71. The first-order valence-electron chi connectivity index (χ1n) is 10.2. The predicted octanol–water partition coefficient (Wildman–Crippen LogP) is 3.87. The van der Waals surface area contributed by atoms with Gasteiger partial charge in [0.15, 0.2) is 0 Å². The lowest BCUT2D eigenvalue weighted by molar-refractivity contribution is -0.132. The molecule has 0 bridgehead atoms. The zero-order valence-electron chi connectivity index (χ0n) is 16.9. The van der Waals surface area contributed by atoms with Crippen molar-refractivity contribution in [3.05, 3.63) is 46.7 Å². The molecule has 0 aromatic heterocycles. The van der Waals surface area contributed by atoms with Crippen LogP contribution in [0.3, 0.4) is 0 Å². The number of nitrogens with one attached hydrogen (secondary N) is 2. The maximum Gasteiger partial charge on any atom is 0.432 e. The van der Waals surface area contributed by atoms with Crippen molar-refractivity contribution >= 4 is 11.4 Å².